The van der Waals surface area contributed by atoms with E-state index in [-0.39, 0.29) is 0 Å². The molecule has 1 saturated carbocycles. The highest BCUT2D eigenvalue weighted by Crippen LogP contribution is 2.42. The van der Waals surface area contributed by atoms with Gasteiger partial charge in [-0.15, -0.1) is 0 Å². The lowest BCUT2D eigenvalue weighted by molar-refractivity contribution is 0.106. The van der Waals surface area contributed by atoms with E-state index in [0.717, 1.165) is 18.8 Å². The molecule has 1 aliphatic rings. The minimum atomic E-state index is 0.466. The third-order valence-electron chi connectivity index (χ3n) is 2.96. The Bertz CT molecular complexity index is 188. The van der Waals surface area contributed by atoms with E-state index >= 15 is 0 Å². The summed E-state index contributed by atoms with van der Waals surface area (Å²) in [6.07, 6.45) is 4.62. The molecular weight excluding hydrogens is 180 g/mol. The van der Waals surface area contributed by atoms with Gasteiger partial charge in [-0.25, -0.2) is 0 Å². The van der Waals surface area contributed by atoms with Crippen LogP contribution < -0.4 is 0 Å². The van der Waals surface area contributed by atoms with Gasteiger partial charge in [0.1, 0.15) is 0 Å². The largest absolute Gasteiger partial charge is 0.305 e. The normalized spacial score (nSPS) is 19.5. The third-order valence-corrected chi connectivity index (χ3v) is 3.63. The van der Waals surface area contributed by atoms with Crippen molar-refractivity contribution in [2.45, 2.75) is 25.7 Å². The Morgan fingerprint density at radius 2 is 2.23 bits per heavy atom. The summed E-state index contributed by atoms with van der Waals surface area (Å²) in [5.74, 6) is 0.990. The first-order valence-corrected chi connectivity index (χ1v) is 5.52. The second kappa shape index (κ2) is 4.88. The molecule has 0 aliphatic heterocycles. The van der Waals surface area contributed by atoms with Crippen LogP contribution in [-0.4, -0.2) is 30.8 Å². The number of hydrogen-bond donors (Lipinski definition) is 1. The monoisotopic (exact) mass is 198 g/mol. The highest BCUT2D eigenvalue weighted by molar-refractivity contribution is 7.80. The zero-order valence-electron chi connectivity index (χ0n) is 8.29. The van der Waals surface area contributed by atoms with E-state index in [2.05, 4.69) is 30.6 Å². The standard InChI is InChI=1S/C10H18N2S/c1-12(7-3-6-11)8-10(9-13)4-2-5-10/h13H,2-5,7-9H2,1H3. The molecule has 0 aromatic rings. The minimum Gasteiger partial charge on any atom is -0.305 e. The van der Waals surface area contributed by atoms with Crippen LogP contribution in [0, 0.1) is 16.7 Å². The van der Waals surface area contributed by atoms with Gasteiger partial charge in [0, 0.05) is 19.5 Å². The molecule has 0 bridgehead atoms. The summed E-state index contributed by atoms with van der Waals surface area (Å²) in [4.78, 5) is 2.26. The maximum absolute atomic E-state index is 8.45. The lowest BCUT2D eigenvalue weighted by atomic mass is 9.70. The van der Waals surface area contributed by atoms with Gasteiger partial charge in [-0.3, -0.25) is 0 Å². The van der Waals surface area contributed by atoms with Crippen molar-refractivity contribution in [1.29, 1.82) is 5.26 Å². The summed E-state index contributed by atoms with van der Waals surface area (Å²) >= 11 is 4.41. The van der Waals surface area contributed by atoms with Crippen LogP contribution in [0.25, 0.3) is 0 Å². The average Bonchev–Trinajstić information content (AvgIpc) is 2.08. The quantitative estimate of drug-likeness (QED) is 0.683. The van der Waals surface area contributed by atoms with Crippen LogP contribution in [0.1, 0.15) is 25.7 Å². The Morgan fingerprint density at radius 3 is 2.62 bits per heavy atom. The van der Waals surface area contributed by atoms with E-state index in [9.17, 15) is 0 Å². The number of nitriles is 1. The maximum atomic E-state index is 8.45. The fourth-order valence-corrected chi connectivity index (χ4v) is 2.35. The Balaban J connectivity index is 2.26. The SMILES string of the molecule is CN(CCC#N)CC1(CS)CCC1. The third kappa shape index (κ3) is 2.89. The fraction of sp³-hybridized carbons (Fsp3) is 0.900. The zero-order valence-corrected chi connectivity index (χ0v) is 9.19. The van der Waals surface area contributed by atoms with Gasteiger partial charge >= 0.3 is 0 Å². The van der Waals surface area contributed by atoms with Crippen molar-refractivity contribution >= 4 is 12.6 Å². The molecule has 0 unspecified atom stereocenters. The van der Waals surface area contributed by atoms with E-state index in [0.29, 0.717) is 11.8 Å². The molecule has 3 heteroatoms. The van der Waals surface area contributed by atoms with Crippen molar-refractivity contribution in [1.82, 2.24) is 4.90 Å². The topological polar surface area (TPSA) is 27.0 Å². The van der Waals surface area contributed by atoms with Gasteiger partial charge in [0.2, 0.25) is 0 Å². The predicted octanol–water partition coefficient (Wildman–Crippen LogP) is 1.93. The summed E-state index contributed by atoms with van der Waals surface area (Å²) in [7, 11) is 2.10. The molecule has 1 rings (SSSR count). The van der Waals surface area contributed by atoms with Gasteiger partial charge in [0.15, 0.2) is 0 Å². The first-order valence-electron chi connectivity index (χ1n) is 4.89. The first-order chi connectivity index (χ1) is 6.22. The Labute approximate surface area is 86.3 Å². The zero-order chi connectivity index (χ0) is 9.73. The van der Waals surface area contributed by atoms with E-state index in [1.807, 2.05) is 0 Å². The van der Waals surface area contributed by atoms with Crippen LogP contribution in [0.15, 0.2) is 0 Å². The summed E-state index contributed by atoms with van der Waals surface area (Å²) < 4.78 is 0. The van der Waals surface area contributed by atoms with Crippen molar-refractivity contribution in [3.63, 3.8) is 0 Å². The van der Waals surface area contributed by atoms with Crippen LogP contribution in [0.3, 0.4) is 0 Å². The molecule has 0 amide bonds. The van der Waals surface area contributed by atoms with Crippen molar-refractivity contribution in [2.75, 3.05) is 25.9 Å². The molecule has 2 nitrogen and oxygen atoms in total. The molecule has 0 heterocycles. The van der Waals surface area contributed by atoms with Gasteiger partial charge in [-0.1, -0.05) is 6.42 Å². The Kier molecular flexibility index (Phi) is 4.08. The predicted molar refractivity (Wildman–Crippen MR) is 57.9 cm³/mol. The van der Waals surface area contributed by atoms with Crippen molar-refractivity contribution in [3.8, 4) is 6.07 Å². The lowest BCUT2D eigenvalue weighted by Crippen LogP contribution is -2.42. The van der Waals surface area contributed by atoms with Crippen LogP contribution in [-0.2, 0) is 0 Å². The molecule has 13 heavy (non-hydrogen) atoms. The first kappa shape index (κ1) is 10.9. The number of nitrogens with zero attached hydrogens (tertiary/aromatic N) is 2. The van der Waals surface area contributed by atoms with Crippen molar-refractivity contribution in [2.24, 2.45) is 5.41 Å². The van der Waals surface area contributed by atoms with Crippen LogP contribution >= 0.6 is 12.6 Å². The number of thiol groups is 1. The van der Waals surface area contributed by atoms with Crippen molar-refractivity contribution in [3.05, 3.63) is 0 Å². The highest BCUT2D eigenvalue weighted by Gasteiger charge is 2.36. The van der Waals surface area contributed by atoms with E-state index in [4.69, 9.17) is 5.26 Å². The van der Waals surface area contributed by atoms with Crippen LogP contribution in [0.2, 0.25) is 0 Å². The maximum Gasteiger partial charge on any atom is 0.0635 e. The summed E-state index contributed by atoms with van der Waals surface area (Å²) in [6.45, 7) is 2.00. The summed E-state index contributed by atoms with van der Waals surface area (Å²) in [6, 6.07) is 2.18. The second-order valence-corrected chi connectivity index (χ2v) is 4.47. The minimum absolute atomic E-state index is 0.466. The molecule has 1 fully saturated rings. The molecule has 74 valence electrons. The molecule has 0 saturated heterocycles. The molecule has 0 atom stereocenters. The highest BCUT2D eigenvalue weighted by atomic mass is 32.1. The van der Waals surface area contributed by atoms with E-state index in [1.165, 1.54) is 19.3 Å². The molecule has 0 N–H and O–H groups in total. The average molecular weight is 198 g/mol. The molecule has 1 aliphatic carbocycles. The summed E-state index contributed by atoms with van der Waals surface area (Å²) in [5, 5.41) is 8.45. The van der Waals surface area contributed by atoms with E-state index in [1.54, 1.807) is 0 Å². The van der Waals surface area contributed by atoms with Crippen LogP contribution in [0.5, 0.6) is 0 Å². The van der Waals surface area contributed by atoms with Gasteiger partial charge in [0.25, 0.3) is 0 Å². The van der Waals surface area contributed by atoms with E-state index < -0.39 is 0 Å². The number of rotatable bonds is 5. The van der Waals surface area contributed by atoms with Crippen molar-refractivity contribution < 1.29 is 0 Å². The van der Waals surface area contributed by atoms with Gasteiger partial charge < -0.3 is 4.90 Å². The number of hydrogen-bond acceptors (Lipinski definition) is 3. The molecule has 0 aromatic carbocycles. The van der Waals surface area contributed by atoms with Gasteiger partial charge in [-0.05, 0) is 31.1 Å². The molecule has 0 radical (unpaired) electrons. The van der Waals surface area contributed by atoms with Crippen LogP contribution in [0.4, 0.5) is 0 Å². The molecule has 0 aromatic heterocycles. The Morgan fingerprint density at radius 1 is 1.54 bits per heavy atom. The molecule has 0 spiro atoms. The molecular formula is C10H18N2S. The fourth-order valence-electron chi connectivity index (χ4n) is 1.94. The second-order valence-electron chi connectivity index (χ2n) is 4.16. The van der Waals surface area contributed by atoms with Gasteiger partial charge in [-0.2, -0.15) is 17.9 Å². The Hall–Kier alpha value is -0.200. The van der Waals surface area contributed by atoms with Gasteiger partial charge in [0.05, 0.1) is 6.07 Å². The lowest BCUT2D eigenvalue weighted by Gasteiger charge is -2.43. The smallest absolute Gasteiger partial charge is 0.0635 e. The summed E-state index contributed by atoms with van der Waals surface area (Å²) in [5.41, 5.74) is 0.466.